The number of H-pyrrole nitrogens is 2. The number of aromatic nitrogens is 4. The number of nitrogens with one attached hydrogen (secondary N) is 3. The highest BCUT2D eigenvalue weighted by Crippen LogP contribution is 2.30. The summed E-state index contributed by atoms with van der Waals surface area (Å²) in [4.78, 5) is 13.4. The van der Waals surface area contributed by atoms with Gasteiger partial charge in [-0.15, -0.1) is 0 Å². The number of hydrogen-bond donors (Lipinski definition) is 3. The average molecular weight is 478 g/mol. The molecule has 2 aliphatic rings. The van der Waals surface area contributed by atoms with Gasteiger partial charge in [-0.25, -0.2) is 4.98 Å². The molecule has 4 heterocycles. The fraction of sp³-hybridized carbons (Fsp3) is 0.462. The summed E-state index contributed by atoms with van der Waals surface area (Å²) in [5.74, 6) is 0.775. The molecule has 0 saturated carbocycles. The summed E-state index contributed by atoms with van der Waals surface area (Å²) in [5, 5.41) is 13.2. The lowest BCUT2D eigenvalue weighted by atomic mass is 9.99. The van der Waals surface area contributed by atoms with Crippen LogP contribution < -0.4 is 10.2 Å². The minimum Gasteiger partial charge on any atom is -0.371 e. The number of rotatable bonds is 5. The van der Waals surface area contributed by atoms with Gasteiger partial charge in [0, 0.05) is 47.8 Å². The van der Waals surface area contributed by atoms with E-state index in [-0.39, 0.29) is 0 Å². The molecule has 0 aliphatic carbocycles. The molecule has 0 bridgehead atoms. The summed E-state index contributed by atoms with van der Waals surface area (Å²) < 4.78 is 0. The third-order valence-corrected chi connectivity index (χ3v) is 7.73. The molecule has 1 unspecified atom stereocenters. The average Bonchev–Trinajstić information content (AvgIpc) is 3.47. The van der Waals surface area contributed by atoms with E-state index in [1.165, 1.54) is 51.0 Å². The van der Waals surface area contributed by atoms with Gasteiger partial charge in [0.15, 0.2) is 5.82 Å². The molecule has 2 aliphatic heterocycles. The van der Waals surface area contributed by atoms with Gasteiger partial charge in [0.2, 0.25) is 0 Å². The molecule has 2 fully saturated rings. The van der Waals surface area contributed by atoms with Crippen LogP contribution in [-0.4, -0.2) is 69.9 Å². The molecule has 0 radical (unpaired) electrons. The van der Waals surface area contributed by atoms with Gasteiger partial charge < -0.3 is 20.1 Å². The van der Waals surface area contributed by atoms with Crippen molar-refractivity contribution in [3.8, 4) is 11.5 Å². The lowest BCUT2D eigenvalue weighted by molar-refractivity contribution is 0.185. The second-order valence-corrected chi connectivity index (χ2v) is 10.1. The van der Waals surface area contributed by atoms with Crippen LogP contribution in [0.25, 0.3) is 33.5 Å². The highest BCUT2D eigenvalue weighted by atomic mass is 35.5. The number of hydrogen-bond acceptors (Lipinski definition) is 5. The van der Waals surface area contributed by atoms with Crippen molar-refractivity contribution >= 4 is 39.2 Å². The molecule has 8 heteroatoms. The molecule has 3 N–H and O–H groups in total. The number of likely N-dealkylation sites (tertiary alicyclic amines) is 1. The van der Waals surface area contributed by atoms with Crippen molar-refractivity contribution in [1.82, 2.24) is 30.4 Å². The number of halogens is 1. The Morgan fingerprint density at radius 3 is 2.76 bits per heavy atom. The van der Waals surface area contributed by atoms with Crippen LogP contribution in [-0.2, 0) is 0 Å². The Hall–Kier alpha value is -2.61. The fourth-order valence-corrected chi connectivity index (χ4v) is 5.77. The first-order valence-electron chi connectivity index (χ1n) is 12.5. The zero-order valence-electron chi connectivity index (χ0n) is 19.6. The first-order chi connectivity index (χ1) is 16.7. The van der Waals surface area contributed by atoms with Crippen molar-refractivity contribution in [2.75, 3.05) is 37.6 Å². The van der Waals surface area contributed by atoms with Crippen LogP contribution in [0.3, 0.4) is 0 Å². The highest BCUT2D eigenvalue weighted by Gasteiger charge is 2.25. The maximum atomic E-state index is 6.12. The van der Waals surface area contributed by atoms with E-state index < -0.39 is 0 Å². The molecular formula is C26H32ClN7. The lowest BCUT2D eigenvalue weighted by Gasteiger charge is -2.38. The van der Waals surface area contributed by atoms with Gasteiger partial charge in [-0.05, 0) is 75.2 Å². The summed E-state index contributed by atoms with van der Waals surface area (Å²) in [7, 11) is 0. The van der Waals surface area contributed by atoms with E-state index in [4.69, 9.17) is 16.6 Å². The first-order valence-corrected chi connectivity index (χ1v) is 12.9. The highest BCUT2D eigenvalue weighted by molar-refractivity contribution is 6.31. The number of imidazole rings is 1. The molecule has 6 rings (SSSR count). The molecule has 0 spiro atoms. The van der Waals surface area contributed by atoms with E-state index in [9.17, 15) is 0 Å². The van der Waals surface area contributed by atoms with E-state index >= 15 is 0 Å². The number of piperidine rings is 2. The Bertz CT molecular complexity index is 1290. The third kappa shape index (κ3) is 4.28. The molecule has 178 valence electrons. The summed E-state index contributed by atoms with van der Waals surface area (Å²) >= 11 is 6.12. The number of benzene rings is 2. The quantitative estimate of drug-likeness (QED) is 0.385. The van der Waals surface area contributed by atoms with Gasteiger partial charge >= 0.3 is 0 Å². The van der Waals surface area contributed by atoms with Crippen LogP contribution in [0.1, 0.15) is 32.6 Å². The SMILES string of the molecule is CCN1CCCC(NC2CCN(c3ccc4nc(-c5n[nH]c6cc(Cl)ccc56)[nH]c4c3)CC2)C1. The van der Waals surface area contributed by atoms with Crippen LogP contribution in [0.15, 0.2) is 36.4 Å². The van der Waals surface area contributed by atoms with Crippen LogP contribution >= 0.6 is 11.6 Å². The molecule has 0 amide bonds. The third-order valence-electron chi connectivity index (χ3n) is 7.50. The van der Waals surface area contributed by atoms with Crippen molar-refractivity contribution < 1.29 is 0 Å². The predicted molar refractivity (Wildman–Crippen MR) is 140 cm³/mol. The Morgan fingerprint density at radius 2 is 1.91 bits per heavy atom. The van der Waals surface area contributed by atoms with E-state index in [0.29, 0.717) is 17.1 Å². The van der Waals surface area contributed by atoms with Gasteiger partial charge in [-0.2, -0.15) is 5.10 Å². The Labute approximate surface area is 204 Å². The second-order valence-electron chi connectivity index (χ2n) is 9.71. The van der Waals surface area contributed by atoms with E-state index in [0.717, 1.165) is 46.5 Å². The Balaban J connectivity index is 1.14. The molecule has 7 nitrogen and oxygen atoms in total. The maximum absolute atomic E-state index is 6.12. The van der Waals surface area contributed by atoms with Crippen molar-refractivity contribution in [2.45, 2.75) is 44.7 Å². The fourth-order valence-electron chi connectivity index (χ4n) is 5.60. The molecule has 2 aromatic carbocycles. The van der Waals surface area contributed by atoms with E-state index in [1.54, 1.807) is 0 Å². The summed E-state index contributed by atoms with van der Waals surface area (Å²) in [6.07, 6.45) is 5.01. The van der Waals surface area contributed by atoms with Crippen LogP contribution in [0, 0.1) is 0 Å². The van der Waals surface area contributed by atoms with Crippen LogP contribution in [0.4, 0.5) is 5.69 Å². The summed E-state index contributed by atoms with van der Waals surface area (Å²) in [6, 6.07) is 13.6. The smallest absolute Gasteiger partial charge is 0.159 e. The van der Waals surface area contributed by atoms with E-state index in [1.807, 2.05) is 18.2 Å². The Morgan fingerprint density at radius 1 is 1.03 bits per heavy atom. The monoisotopic (exact) mass is 477 g/mol. The number of nitrogens with zero attached hydrogens (tertiary/aromatic N) is 4. The lowest BCUT2D eigenvalue weighted by Crippen LogP contribution is -2.52. The molecule has 2 saturated heterocycles. The summed E-state index contributed by atoms with van der Waals surface area (Å²) in [6.45, 7) is 8.06. The van der Waals surface area contributed by atoms with Crippen molar-refractivity contribution in [3.63, 3.8) is 0 Å². The number of anilines is 1. The topological polar surface area (TPSA) is 75.9 Å². The minimum atomic E-state index is 0.627. The molecule has 1 atom stereocenters. The van der Waals surface area contributed by atoms with Crippen LogP contribution in [0.5, 0.6) is 0 Å². The standard InChI is InChI=1S/C26H32ClN7/c1-2-33-11-3-4-19(16-33)28-18-9-12-34(13-10-18)20-6-8-22-24(15-20)30-26(29-22)25-21-7-5-17(27)14-23(21)31-32-25/h5-8,14-15,18-19,28H,2-4,9-13,16H2,1H3,(H,29,30)(H,31,32). The van der Waals surface area contributed by atoms with Crippen molar-refractivity contribution in [3.05, 3.63) is 41.4 Å². The predicted octanol–water partition coefficient (Wildman–Crippen LogP) is 4.80. The number of likely N-dealkylation sites (N-methyl/N-ethyl adjacent to an activating group) is 1. The van der Waals surface area contributed by atoms with Gasteiger partial charge in [-0.3, -0.25) is 5.10 Å². The normalized spacial score (nSPS) is 20.5. The van der Waals surface area contributed by atoms with Gasteiger partial charge in [-0.1, -0.05) is 18.5 Å². The van der Waals surface area contributed by atoms with Crippen molar-refractivity contribution in [1.29, 1.82) is 0 Å². The molecular weight excluding hydrogens is 446 g/mol. The zero-order valence-corrected chi connectivity index (χ0v) is 20.4. The van der Waals surface area contributed by atoms with Crippen molar-refractivity contribution in [2.24, 2.45) is 0 Å². The van der Waals surface area contributed by atoms with E-state index in [2.05, 4.69) is 55.4 Å². The second kappa shape index (κ2) is 9.21. The van der Waals surface area contributed by atoms with Gasteiger partial charge in [0.1, 0.15) is 5.69 Å². The van der Waals surface area contributed by atoms with Crippen LogP contribution in [0.2, 0.25) is 5.02 Å². The minimum absolute atomic E-state index is 0.627. The summed E-state index contributed by atoms with van der Waals surface area (Å²) in [5.41, 5.74) is 4.99. The maximum Gasteiger partial charge on any atom is 0.159 e. The molecule has 2 aromatic heterocycles. The van der Waals surface area contributed by atoms with Gasteiger partial charge in [0.05, 0.1) is 16.6 Å². The number of fused-ring (bicyclic) bond motifs is 2. The molecule has 4 aromatic rings. The molecule has 34 heavy (non-hydrogen) atoms. The largest absolute Gasteiger partial charge is 0.371 e. The first kappa shape index (κ1) is 21.9. The number of aromatic amines is 2. The van der Waals surface area contributed by atoms with Gasteiger partial charge in [0.25, 0.3) is 0 Å². The zero-order chi connectivity index (χ0) is 23.1. The Kier molecular flexibility index (Phi) is 5.93.